The van der Waals surface area contributed by atoms with E-state index < -0.39 is 0 Å². The van der Waals surface area contributed by atoms with Crippen molar-refractivity contribution in [2.24, 2.45) is 0 Å². The van der Waals surface area contributed by atoms with Crippen LogP contribution < -0.4 is 9.64 Å². The molecule has 0 bridgehead atoms. The molecule has 1 aromatic heterocycles. The molecule has 0 atom stereocenters. The molecule has 1 radical (unpaired) electrons. The van der Waals surface area contributed by atoms with Crippen LogP contribution in [0.1, 0.15) is 12.8 Å². The van der Waals surface area contributed by atoms with Gasteiger partial charge in [0.2, 0.25) is 0 Å². The summed E-state index contributed by atoms with van der Waals surface area (Å²) in [6, 6.07) is 16.5. The molecule has 3 aromatic rings. The number of pyridine rings is 1. The Bertz CT molecular complexity index is 892. The zero-order chi connectivity index (χ0) is 17.2. The Balaban J connectivity index is 1.43. The van der Waals surface area contributed by atoms with Crippen molar-refractivity contribution in [2.75, 3.05) is 18.0 Å². The highest BCUT2D eigenvalue weighted by molar-refractivity contribution is 6.32. The van der Waals surface area contributed by atoms with E-state index in [0.717, 1.165) is 48.4 Å². The number of rotatable bonds is 3. The van der Waals surface area contributed by atoms with Gasteiger partial charge in [-0.3, -0.25) is 5.11 Å². The van der Waals surface area contributed by atoms with Gasteiger partial charge < -0.3 is 9.64 Å². The van der Waals surface area contributed by atoms with Crippen molar-refractivity contribution < 1.29 is 9.84 Å². The molecule has 1 saturated heterocycles. The van der Waals surface area contributed by atoms with Gasteiger partial charge in [0.1, 0.15) is 17.7 Å². The minimum Gasteiger partial charge on any atom is -0.489 e. The fourth-order valence-corrected chi connectivity index (χ4v) is 3.37. The smallest absolute Gasteiger partial charge is 0.179 e. The Morgan fingerprint density at radius 2 is 1.84 bits per heavy atom. The Labute approximate surface area is 151 Å². The first-order valence-corrected chi connectivity index (χ1v) is 8.81. The van der Waals surface area contributed by atoms with Gasteiger partial charge in [0, 0.05) is 31.3 Å². The highest BCUT2D eigenvalue weighted by atomic mass is 35.5. The number of para-hydroxylation sites is 1. The first-order chi connectivity index (χ1) is 12.2. The van der Waals surface area contributed by atoms with Crippen molar-refractivity contribution in [3.63, 3.8) is 0 Å². The average Bonchev–Trinajstić information content (AvgIpc) is 2.64. The van der Waals surface area contributed by atoms with E-state index in [4.69, 9.17) is 16.3 Å². The molecule has 0 N–H and O–H groups in total. The topological polar surface area (TPSA) is 45.3 Å². The number of aromatic nitrogens is 1. The van der Waals surface area contributed by atoms with Crippen LogP contribution in [-0.4, -0.2) is 24.2 Å². The van der Waals surface area contributed by atoms with Crippen molar-refractivity contribution in [2.45, 2.75) is 18.9 Å². The van der Waals surface area contributed by atoms with Crippen LogP contribution in [0.5, 0.6) is 11.5 Å². The summed E-state index contributed by atoms with van der Waals surface area (Å²) in [5.41, 5.74) is 0.853. The normalized spacial score (nSPS) is 15.5. The SMILES string of the molecule is [O]c1ccc2nc(N3CCC(Oc4ccccc4Cl)CC3)ccc2c1. The molecule has 1 fully saturated rings. The standard InChI is InChI=1S/C20H18ClN2O2/c21-17-3-1-2-4-19(17)25-16-9-11-23(12-10-16)20-8-5-14-13-15(24)6-7-18(14)22-20/h1-8,13,16H,9-12H2. The lowest BCUT2D eigenvalue weighted by molar-refractivity contribution is 0.171. The van der Waals surface area contributed by atoms with Gasteiger partial charge in [-0.25, -0.2) is 4.98 Å². The lowest BCUT2D eigenvalue weighted by Crippen LogP contribution is -2.38. The molecule has 2 heterocycles. The summed E-state index contributed by atoms with van der Waals surface area (Å²) in [4.78, 5) is 6.95. The highest BCUT2D eigenvalue weighted by Gasteiger charge is 2.22. The minimum atomic E-state index is 0.0135. The number of fused-ring (bicyclic) bond motifs is 1. The molecule has 1 aliphatic rings. The van der Waals surface area contributed by atoms with Crippen LogP contribution in [0.2, 0.25) is 5.02 Å². The fourth-order valence-electron chi connectivity index (χ4n) is 3.19. The van der Waals surface area contributed by atoms with Crippen LogP contribution in [0.4, 0.5) is 5.82 Å². The Hall–Kier alpha value is -2.46. The molecule has 25 heavy (non-hydrogen) atoms. The summed E-state index contributed by atoms with van der Waals surface area (Å²) in [7, 11) is 0. The second-order valence-electron chi connectivity index (χ2n) is 6.26. The Morgan fingerprint density at radius 1 is 1.04 bits per heavy atom. The Morgan fingerprint density at radius 3 is 2.64 bits per heavy atom. The molecule has 127 valence electrons. The fraction of sp³-hybridized carbons (Fsp3) is 0.250. The van der Waals surface area contributed by atoms with E-state index in [1.807, 2.05) is 36.4 Å². The van der Waals surface area contributed by atoms with Gasteiger partial charge in [-0.15, -0.1) is 0 Å². The average molecular weight is 354 g/mol. The van der Waals surface area contributed by atoms with Crippen LogP contribution in [-0.2, 0) is 5.11 Å². The largest absolute Gasteiger partial charge is 0.489 e. The van der Waals surface area contributed by atoms with Gasteiger partial charge in [-0.1, -0.05) is 23.7 Å². The second-order valence-corrected chi connectivity index (χ2v) is 6.67. The number of ether oxygens (including phenoxy) is 1. The number of benzene rings is 2. The molecular weight excluding hydrogens is 336 g/mol. The number of anilines is 1. The van der Waals surface area contributed by atoms with E-state index in [-0.39, 0.29) is 11.9 Å². The van der Waals surface area contributed by atoms with E-state index >= 15 is 0 Å². The highest BCUT2D eigenvalue weighted by Crippen LogP contribution is 2.28. The summed E-state index contributed by atoms with van der Waals surface area (Å²) in [5.74, 6) is 1.71. The molecule has 0 spiro atoms. The lowest BCUT2D eigenvalue weighted by atomic mass is 10.1. The summed E-state index contributed by atoms with van der Waals surface area (Å²) in [6.45, 7) is 1.76. The summed E-state index contributed by atoms with van der Waals surface area (Å²) in [5, 5.41) is 13.0. The minimum absolute atomic E-state index is 0.0135. The molecule has 1 aliphatic heterocycles. The van der Waals surface area contributed by atoms with E-state index in [0.29, 0.717) is 5.02 Å². The zero-order valence-electron chi connectivity index (χ0n) is 13.7. The summed E-state index contributed by atoms with van der Waals surface area (Å²) >= 11 is 6.17. The number of nitrogens with zero attached hydrogens (tertiary/aromatic N) is 2. The quantitative estimate of drug-likeness (QED) is 0.659. The van der Waals surface area contributed by atoms with Crippen LogP contribution >= 0.6 is 11.6 Å². The first kappa shape index (κ1) is 16.0. The molecule has 0 amide bonds. The number of halogens is 1. The van der Waals surface area contributed by atoms with Gasteiger partial charge in [0.15, 0.2) is 5.75 Å². The number of hydrogen-bond acceptors (Lipinski definition) is 3. The summed E-state index contributed by atoms with van der Waals surface area (Å²) in [6.07, 6.45) is 2.01. The molecule has 4 nitrogen and oxygen atoms in total. The molecule has 0 saturated carbocycles. The van der Waals surface area contributed by atoms with Crippen molar-refractivity contribution in [3.05, 3.63) is 59.6 Å². The number of hydrogen-bond donors (Lipinski definition) is 0. The molecule has 2 aromatic carbocycles. The Kier molecular flexibility index (Phi) is 4.36. The zero-order valence-corrected chi connectivity index (χ0v) is 14.4. The van der Waals surface area contributed by atoms with Gasteiger partial charge in [0.25, 0.3) is 0 Å². The summed E-state index contributed by atoms with van der Waals surface area (Å²) < 4.78 is 6.04. The third-order valence-electron chi connectivity index (χ3n) is 4.54. The van der Waals surface area contributed by atoms with Crippen LogP contribution in [0.3, 0.4) is 0 Å². The predicted molar refractivity (Wildman–Crippen MR) is 99.2 cm³/mol. The van der Waals surface area contributed by atoms with Crippen molar-refractivity contribution in [3.8, 4) is 11.5 Å². The maximum absolute atomic E-state index is 11.4. The maximum Gasteiger partial charge on any atom is 0.179 e. The van der Waals surface area contributed by atoms with Crippen LogP contribution in [0.15, 0.2) is 54.6 Å². The van der Waals surface area contributed by atoms with Gasteiger partial charge in [-0.2, -0.15) is 0 Å². The van der Waals surface area contributed by atoms with Crippen molar-refractivity contribution in [1.29, 1.82) is 0 Å². The third-order valence-corrected chi connectivity index (χ3v) is 4.85. The monoisotopic (exact) mass is 353 g/mol. The molecular formula is C20H18ClN2O2. The van der Waals surface area contributed by atoms with E-state index in [1.165, 1.54) is 0 Å². The van der Waals surface area contributed by atoms with Gasteiger partial charge in [-0.05, 0) is 42.5 Å². The van der Waals surface area contributed by atoms with E-state index in [1.54, 1.807) is 18.2 Å². The first-order valence-electron chi connectivity index (χ1n) is 8.43. The third kappa shape index (κ3) is 3.49. The molecule has 4 rings (SSSR count). The second kappa shape index (κ2) is 6.81. The van der Waals surface area contributed by atoms with Crippen LogP contribution in [0, 0.1) is 0 Å². The van der Waals surface area contributed by atoms with E-state index in [2.05, 4.69) is 9.88 Å². The predicted octanol–water partition coefficient (Wildman–Crippen LogP) is 5.08. The molecule has 0 unspecified atom stereocenters. The maximum atomic E-state index is 11.4. The van der Waals surface area contributed by atoms with Gasteiger partial charge in [0.05, 0.1) is 10.5 Å². The molecule has 0 aliphatic carbocycles. The van der Waals surface area contributed by atoms with Crippen molar-refractivity contribution in [1.82, 2.24) is 4.98 Å². The van der Waals surface area contributed by atoms with Gasteiger partial charge >= 0.3 is 0 Å². The molecule has 5 heteroatoms. The van der Waals surface area contributed by atoms with Crippen LogP contribution in [0.25, 0.3) is 10.9 Å². The van der Waals surface area contributed by atoms with Crippen molar-refractivity contribution >= 4 is 28.3 Å². The number of piperidine rings is 1. The van der Waals surface area contributed by atoms with E-state index in [9.17, 15) is 5.11 Å². The lowest BCUT2D eigenvalue weighted by Gasteiger charge is -2.33.